The zero-order chi connectivity index (χ0) is 11.5. The summed E-state index contributed by atoms with van der Waals surface area (Å²) in [6, 6.07) is 0. The number of halogens is 1. The summed E-state index contributed by atoms with van der Waals surface area (Å²) in [5.74, 6) is 1.15. The van der Waals surface area contributed by atoms with Gasteiger partial charge in [-0.25, -0.2) is 9.97 Å². The number of anilines is 1. The van der Waals surface area contributed by atoms with Gasteiger partial charge in [-0.15, -0.1) is 0 Å². The van der Waals surface area contributed by atoms with Crippen LogP contribution in [0, 0.1) is 6.92 Å². The van der Waals surface area contributed by atoms with E-state index in [0.29, 0.717) is 16.8 Å². The van der Waals surface area contributed by atoms with Gasteiger partial charge in [0, 0.05) is 12.1 Å². The normalized spacial score (nSPS) is 17.6. The molecule has 0 unspecified atom stereocenters. The van der Waals surface area contributed by atoms with Crippen LogP contribution in [0.25, 0.3) is 0 Å². The maximum Gasteiger partial charge on any atom is 0.139 e. The molecule has 88 valence electrons. The quantitative estimate of drug-likeness (QED) is 0.804. The number of piperidine rings is 1. The van der Waals surface area contributed by atoms with Crippen molar-refractivity contribution in [3.63, 3.8) is 0 Å². The first-order valence-electron chi connectivity index (χ1n) is 5.67. The molecule has 1 aliphatic rings. The minimum Gasteiger partial charge on any atom is -0.383 e. The van der Waals surface area contributed by atoms with Crippen LogP contribution in [0.1, 0.15) is 30.7 Å². The number of likely N-dealkylation sites (tertiary alicyclic amines) is 1. The Balaban J connectivity index is 2.14. The molecule has 0 spiro atoms. The van der Waals surface area contributed by atoms with Gasteiger partial charge >= 0.3 is 0 Å². The molecule has 1 aromatic heterocycles. The van der Waals surface area contributed by atoms with Gasteiger partial charge in [0.25, 0.3) is 0 Å². The summed E-state index contributed by atoms with van der Waals surface area (Å²) in [6.07, 6.45) is 3.83. The third-order valence-corrected chi connectivity index (χ3v) is 3.24. The summed E-state index contributed by atoms with van der Waals surface area (Å²) in [7, 11) is 0. The molecule has 0 aromatic carbocycles. The van der Waals surface area contributed by atoms with Crippen molar-refractivity contribution in [2.45, 2.75) is 32.7 Å². The van der Waals surface area contributed by atoms with Gasteiger partial charge in [-0.05, 0) is 32.9 Å². The minimum atomic E-state index is 0.496. The van der Waals surface area contributed by atoms with Crippen LogP contribution in [0.3, 0.4) is 0 Å². The zero-order valence-electron chi connectivity index (χ0n) is 9.54. The van der Waals surface area contributed by atoms with E-state index in [4.69, 9.17) is 17.3 Å². The predicted molar refractivity (Wildman–Crippen MR) is 65.3 cm³/mol. The van der Waals surface area contributed by atoms with Gasteiger partial charge in [0.1, 0.15) is 16.8 Å². The third-order valence-electron chi connectivity index (χ3n) is 2.93. The molecule has 1 aromatic rings. The van der Waals surface area contributed by atoms with Gasteiger partial charge in [-0.3, -0.25) is 4.90 Å². The van der Waals surface area contributed by atoms with Crippen molar-refractivity contribution in [1.82, 2.24) is 14.9 Å². The number of nitrogens with zero attached hydrogens (tertiary/aromatic N) is 3. The molecule has 2 N–H and O–H groups in total. The Morgan fingerprint density at radius 1 is 1.25 bits per heavy atom. The van der Waals surface area contributed by atoms with E-state index in [9.17, 15) is 0 Å². The van der Waals surface area contributed by atoms with Crippen LogP contribution in [-0.4, -0.2) is 28.0 Å². The average molecular weight is 241 g/mol. The molecule has 1 saturated heterocycles. The SMILES string of the molecule is Cc1nc(N)c(CN2CCCCC2)c(Cl)n1. The van der Waals surface area contributed by atoms with Gasteiger partial charge in [-0.2, -0.15) is 0 Å². The molecule has 0 atom stereocenters. The van der Waals surface area contributed by atoms with Crippen molar-refractivity contribution >= 4 is 17.4 Å². The van der Waals surface area contributed by atoms with Crippen molar-refractivity contribution in [3.05, 3.63) is 16.5 Å². The molecule has 16 heavy (non-hydrogen) atoms. The molecule has 5 heteroatoms. The van der Waals surface area contributed by atoms with E-state index in [1.807, 2.05) is 0 Å². The second-order valence-corrected chi connectivity index (χ2v) is 4.62. The zero-order valence-corrected chi connectivity index (χ0v) is 10.3. The Labute approximate surface area is 101 Å². The van der Waals surface area contributed by atoms with E-state index in [2.05, 4.69) is 14.9 Å². The highest BCUT2D eigenvalue weighted by Crippen LogP contribution is 2.22. The number of aromatic nitrogens is 2. The molecule has 4 nitrogen and oxygen atoms in total. The van der Waals surface area contributed by atoms with Crippen LogP contribution in [0.4, 0.5) is 5.82 Å². The first-order chi connectivity index (χ1) is 7.66. The predicted octanol–water partition coefficient (Wildman–Crippen LogP) is 2.01. The Hall–Kier alpha value is -0.870. The molecule has 1 fully saturated rings. The molecule has 1 aliphatic heterocycles. The molecule has 0 aliphatic carbocycles. The molecular weight excluding hydrogens is 224 g/mol. The van der Waals surface area contributed by atoms with E-state index in [-0.39, 0.29) is 0 Å². The molecule has 0 bridgehead atoms. The minimum absolute atomic E-state index is 0.496. The largest absolute Gasteiger partial charge is 0.383 e. The second kappa shape index (κ2) is 4.97. The summed E-state index contributed by atoms with van der Waals surface area (Å²) < 4.78 is 0. The summed E-state index contributed by atoms with van der Waals surface area (Å²) in [5, 5.41) is 0.496. The number of nitrogen functional groups attached to an aromatic ring is 1. The molecule has 2 heterocycles. The molecule has 0 radical (unpaired) electrons. The van der Waals surface area contributed by atoms with Gasteiger partial charge in [-0.1, -0.05) is 18.0 Å². The maximum absolute atomic E-state index is 6.10. The lowest BCUT2D eigenvalue weighted by Crippen LogP contribution is -2.29. The fraction of sp³-hybridized carbons (Fsp3) is 0.636. The number of rotatable bonds is 2. The summed E-state index contributed by atoms with van der Waals surface area (Å²) in [6.45, 7) is 4.80. The molecule has 0 saturated carbocycles. The van der Waals surface area contributed by atoms with Gasteiger partial charge in [0.05, 0.1) is 0 Å². The first-order valence-corrected chi connectivity index (χ1v) is 6.05. The summed E-state index contributed by atoms with van der Waals surface area (Å²) in [4.78, 5) is 10.7. The van der Waals surface area contributed by atoms with E-state index in [1.165, 1.54) is 19.3 Å². The second-order valence-electron chi connectivity index (χ2n) is 4.26. The van der Waals surface area contributed by atoms with E-state index in [0.717, 1.165) is 25.2 Å². The lowest BCUT2D eigenvalue weighted by atomic mass is 10.1. The third kappa shape index (κ3) is 2.62. The highest BCUT2D eigenvalue weighted by Gasteiger charge is 2.15. The van der Waals surface area contributed by atoms with E-state index < -0.39 is 0 Å². The van der Waals surface area contributed by atoms with E-state index in [1.54, 1.807) is 6.92 Å². The van der Waals surface area contributed by atoms with Crippen molar-refractivity contribution in [1.29, 1.82) is 0 Å². The highest BCUT2D eigenvalue weighted by atomic mass is 35.5. The number of nitrogens with two attached hydrogens (primary N) is 1. The standard InChI is InChI=1S/C11H17ClN4/c1-8-14-10(12)9(11(13)15-8)7-16-5-3-2-4-6-16/h2-7H2,1H3,(H2,13,14,15). The van der Waals surface area contributed by atoms with Crippen LogP contribution in [-0.2, 0) is 6.54 Å². The summed E-state index contributed by atoms with van der Waals surface area (Å²) in [5.41, 5.74) is 6.75. The monoisotopic (exact) mass is 240 g/mol. The number of aryl methyl sites for hydroxylation is 1. The number of hydrogen-bond donors (Lipinski definition) is 1. The van der Waals surface area contributed by atoms with Gasteiger partial charge in [0.15, 0.2) is 0 Å². The Morgan fingerprint density at radius 2 is 1.94 bits per heavy atom. The van der Waals surface area contributed by atoms with Crippen LogP contribution in [0.5, 0.6) is 0 Å². The lowest BCUT2D eigenvalue weighted by molar-refractivity contribution is 0.221. The van der Waals surface area contributed by atoms with Crippen LogP contribution >= 0.6 is 11.6 Å². The highest BCUT2D eigenvalue weighted by molar-refractivity contribution is 6.30. The topological polar surface area (TPSA) is 55.0 Å². The van der Waals surface area contributed by atoms with Crippen molar-refractivity contribution < 1.29 is 0 Å². The molecule has 2 rings (SSSR count). The molecular formula is C11H17ClN4. The Bertz CT molecular complexity index is 351. The summed E-state index contributed by atoms with van der Waals surface area (Å²) >= 11 is 6.10. The fourth-order valence-corrected chi connectivity index (χ4v) is 2.35. The lowest BCUT2D eigenvalue weighted by Gasteiger charge is -2.26. The van der Waals surface area contributed by atoms with Crippen molar-refractivity contribution in [3.8, 4) is 0 Å². The van der Waals surface area contributed by atoms with E-state index >= 15 is 0 Å². The van der Waals surface area contributed by atoms with Crippen LogP contribution in [0.2, 0.25) is 5.15 Å². The smallest absolute Gasteiger partial charge is 0.139 e. The first kappa shape index (κ1) is 11.6. The van der Waals surface area contributed by atoms with Crippen molar-refractivity contribution in [2.24, 2.45) is 0 Å². The maximum atomic E-state index is 6.10. The molecule has 0 amide bonds. The van der Waals surface area contributed by atoms with Crippen LogP contribution in [0.15, 0.2) is 0 Å². The van der Waals surface area contributed by atoms with Crippen LogP contribution < -0.4 is 5.73 Å². The van der Waals surface area contributed by atoms with Gasteiger partial charge in [0.2, 0.25) is 0 Å². The number of hydrogen-bond acceptors (Lipinski definition) is 4. The Kier molecular flexibility index (Phi) is 3.61. The van der Waals surface area contributed by atoms with Gasteiger partial charge < -0.3 is 5.73 Å². The Morgan fingerprint density at radius 3 is 2.56 bits per heavy atom. The fourth-order valence-electron chi connectivity index (χ4n) is 2.07. The van der Waals surface area contributed by atoms with Crippen molar-refractivity contribution in [2.75, 3.05) is 18.8 Å². The average Bonchev–Trinajstić information content (AvgIpc) is 2.25.